The van der Waals surface area contributed by atoms with Gasteiger partial charge in [0.1, 0.15) is 0 Å². The highest BCUT2D eigenvalue weighted by Gasteiger charge is 2.34. The van der Waals surface area contributed by atoms with E-state index in [0.29, 0.717) is 28.0 Å². The van der Waals surface area contributed by atoms with Gasteiger partial charge in [0.15, 0.2) is 5.69 Å². The second-order valence-electron chi connectivity index (χ2n) is 5.38. The summed E-state index contributed by atoms with van der Waals surface area (Å²) in [6.45, 7) is 0. The van der Waals surface area contributed by atoms with Crippen LogP contribution in [0.5, 0.6) is 0 Å². The quantitative estimate of drug-likeness (QED) is 0.534. The van der Waals surface area contributed by atoms with Crippen LogP contribution >= 0.6 is 0 Å². The standard InChI is InChI=1S/C17H11F3N4/c18-17(19,20)15-9-14(10-5-7-11(21)8-6-10)24-13-4-2-1-3-12(13)22-16(24)23-15/h1-9H,21H2. The van der Waals surface area contributed by atoms with E-state index in [2.05, 4.69) is 9.97 Å². The van der Waals surface area contributed by atoms with Gasteiger partial charge in [-0.05, 0) is 35.9 Å². The van der Waals surface area contributed by atoms with Crippen molar-refractivity contribution in [2.45, 2.75) is 6.18 Å². The van der Waals surface area contributed by atoms with Crippen molar-refractivity contribution in [1.29, 1.82) is 0 Å². The van der Waals surface area contributed by atoms with Crippen LogP contribution in [0.4, 0.5) is 18.9 Å². The van der Waals surface area contributed by atoms with Crippen LogP contribution in [0.2, 0.25) is 0 Å². The van der Waals surface area contributed by atoms with E-state index in [0.717, 1.165) is 6.07 Å². The van der Waals surface area contributed by atoms with Crippen molar-refractivity contribution >= 4 is 22.5 Å². The summed E-state index contributed by atoms with van der Waals surface area (Å²) in [6, 6.07) is 14.8. The first-order chi connectivity index (χ1) is 11.4. The molecule has 2 aromatic heterocycles. The molecule has 2 aromatic carbocycles. The number of aromatic nitrogens is 3. The normalized spacial score (nSPS) is 12.1. The molecule has 120 valence electrons. The predicted octanol–water partition coefficient (Wildman–Crippen LogP) is 4.15. The summed E-state index contributed by atoms with van der Waals surface area (Å²) < 4.78 is 41.3. The van der Waals surface area contributed by atoms with Crippen LogP contribution in [0.1, 0.15) is 5.69 Å². The summed E-state index contributed by atoms with van der Waals surface area (Å²) in [5, 5.41) is 0. The van der Waals surface area contributed by atoms with Gasteiger partial charge in [-0.15, -0.1) is 0 Å². The van der Waals surface area contributed by atoms with Crippen LogP contribution in [-0.4, -0.2) is 14.4 Å². The van der Waals surface area contributed by atoms with Crippen LogP contribution in [0.3, 0.4) is 0 Å². The molecule has 0 bridgehead atoms. The summed E-state index contributed by atoms with van der Waals surface area (Å²) in [5.74, 6) is 0.0119. The molecule has 0 saturated heterocycles. The van der Waals surface area contributed by atoms with Crippen LogP contribution in [0.15, 0.2) is 54.6 Å². The Morgan fingerprint density at radius 3 is 2.33 bits per heavy atom. The average molecular weight is 328 g/mol. The fraction of sp³-hybridized carbons (Fsp3) is 0.0588. The number of nitrogen functional groups attached to an aromatic ring is 1. The number of imidazole rings is 1. The Bertz CT molecular complexity index is 1050. The van der Waals surface area contributed by atoms with Crippen LogP contribution in [0.25, 0.3) is 28.1 Å². The smallest absolute Gasteiger partial charge is 0.399 e. The molecule has 2 heterocycles. The number of fused-ring (bicyclic) bond motifs is 3. The fourth-order valence-electron chi connectivity index (χ4n) is 2.67. The van der Waals surface area contributed by atoms with Crippen molar-refractivity contribution in [2.24, 2.45) is 0 Å². The largest absolute Gasteiger partial charge is 0.433 e. The minimum atomic E-state index is -4.55. The van der Waals surface area contributed by atoms with Gasteiger partial charge in [0.2, 0.25) is 5.78 Å². The number of hydrogen-bond acceptors (Lipinski definition) is 3. The van der Waals surface area contributed by atoms with Gasteiger partial charge in [-0.3, -0.25) is 4.40 Å². The molecule has 0 aliphatic carbocycles. The zero-order valence-corrected chi connectivity index (χ0v) is 12.2. The van der Waals surface area contributed by atoms with E-state index >= 15 is 0 Å². The lowest BCUT2D eigenvalue weighted by Gasteiger charge is -2.11. The number of para-hydroxylation sites is 2. The summed E-state index contributed by atoms with van der Waals surface area (Å²) in [4.78, 5) is 7.91. The van der Waals surface area contributed by atoms with Crippen molar-refractivity contribution in [3.05, 3.63) is 60.3 Å². The van der Waals surface area contributed by atoms with Crippen molar-refractivity contribution in [3.8, 4) is 11.3 Å². The van der Waals surface area contributed by atoms with Crippen molar-refractivity contribution < 1.29 is 13.2 Å². The molecule has 0 aliphatic heterocycles. The Hall–Kier alpha value is -3.09. The first-order valence-electron chi connectivity index (χ1n) is 7.15. The first-order valence-corrected chi connectivity index (χ1v) is 7.15. The number of rotatable bonds is 1. The third-order valence-corrected chi connectivity index (χ3v) is 3.77. The molecule has 4 nitrogen and oxygen atoms in total. The molecule has 7 heteroatoms. The molecular weight excluding hydrogens is 317 g/mol. The van der Waals surface area contributed by atoms with Gasteiger partial charge >= 0.3 is 6.18 Å². The molecule has 4 rings (SSSR count). The molecule has 0 fully saturated rings. The summed E-state index contributed by atoms with van der Waals surface area (Å²) in [5.41, 5.74) is 7.48. The van der Waals surface area contributed by atoms with E-state index in [1.165, 1.54) is 0 Å². The topological polar surface area (TPSA) is 56.2 Å². The summed E-state index contributed by atoms with van der Waals surface area (Å²) in [7, 11) is 0. The maximum Gasteiger partial charge on any atom is 0.433 e. The Morgan fingerprint density at radius 1 is 0.917 bits per heavy atom. The second-order valence-corrected chi connectivity index (χ2v) is 5.38. The lowest BCUT2D eigenvalue weighted by molar-refractivity contribution is -0.141. The molecule has 0 spiro atoms. The molecule has 24 heavy (non-hydrogen) atoms. The molecule has 0 amide bonds. The fourth-order valence-corrected chi connectivity index (χ4v) is 2.67. The van der Waals surface area contributed by atoms with Crippen LogP contribution in [-0.2, 0) is 6.18 Å². The lowest BCUT2D eigenvalue weighted by Crippen LogP contribution is -2.10. The number of alkyl halides is 3. The molecule has 2 N–H and O–H groups in total. The Balaban J connectivity index is 2.13. The molecular formula is C17H11F3N4. The molecule has 0 unspecified atom stereocenters. The van der Waals surface area contributed by atoms with Gasteiger partial charge in [0.05, 0.1) is 16.7 Å². The number of hydrogen-bond donors (Lipinski definition) is 1. The number of anilines is 1. The Kier molecular flexibility index (Phi) is 2.99. The Labute approximate surface area is 134 Å². The van der Waals surface area contributed by atoms with E-state index in [9.17, 15) is 13.2 Å². The molecule has 0 radical (unpaired) electrons. The average Bonchev–Trinajstić information content (AvgIpc) is 2.92. The Morgan fingerprint density at radius 2 is 1.62 bits per heavy atom. The van der Waals surface area contributed by atoms with Gasteiger partial charge in [-0.2, -0.15) is 13.2 Å². The van der Waals surface area contributed by atoms with E-state index in [-0.39, 0.29) is 5.78 Å². The second kappa shape index (κ2) is 4.95. The minimum Gasteiger partial charge on any atom is -0.399 e. The zero-order valence-electron chi connectivity index (χ0n) is 12.2. The van der Waals surface area contributed by atoms with Gasteiger partial charge < -0.3 is 5.73 Å². The highest BCUT2D eigenvalue weighted by molar-refractivity contribution is 5.83. The molecule has 4 aromatic rings. The van der Waals surface area contributed by atoms with Crippen LogP contribution < -0.4 is 5.73 Å². The van der Waals surface area contributed by atoms with Crippen molar-refractivity contribution in [1.82, 2.24) is 14.4 Å². The number of nitrogens with two attached hydrogens (primary N) is 1. The minimum absolute atomic E-state index is 0.0119. The van der Waals surface area contributed by atoms with Gasteiger partial charge in [0, 0.05) is 5.69 Å². The third kappa shape index (κ3) is 2.25. The van der Waals surface area contributed by atoms with E-state index in [4.69, 9.17) is 5.73 Å². The molecule has 0 atom stereocenters. The number of benzene rings is 2. The van der Waals surface area contributed by atoms with Crippen LogP contribution in [0, 0.1) is 0 Å². The SMILES string of the molecule is Nc1ccc(-c2cc(C(F)(F)F)nc3nc4ccccc4n23)cc1. The van der Waals surface area contributed by atoms with E-state index < -0.39 is 11.9 Å². The first kappa shape index (κ1) is 14.5. The third-order valence-electron chi connectivity index (χ3n) is 3.77. The van der Waals surface area contributed by atoms with E-state index in [1.807, 2.05) is 0 Å². The van der Waals surface area contributed by atoms with E-state index in [1.54, 1.807) is 52.9 Å². The zero-order chi connectivity index (χ0) is 16.9. The molecule has 0 saturated carbocycles. The number of nitrogens with zero attached hydrogens (tertiary/aromatic N) is 3. The lowest BCUT2D eigenvalue weighted by atomic mass is 10.1. The maximum atomic E-state index is 13.2. The summed E-state index contributed by atoms with van der Waals surface area (Å²) >= 11 is 0. The van der Waals surface area contributed by atoms with Crippen molar-refractivity contribution in [2.75, 3.05) is 5.73 Å². The van der Waals surface area contributed by atoms with Crippen molar-refractivity contribution in [3.63, 3.8) is 0 Å². The summed E-state index contributed by atoms with van der Waals surface area (Å²) in [6.07, 6.45) is -4.55. The van der Waals surface area contributed by atoms with Gasteiger partial charge in [0.25, 0.3) is 0 Å². The number of halogens is 3. The highest BCUT2D eigenvalue weighted by atomic mass is 19.4. The molecule has 0 aliphatic rings. The maximum absolute atomic E-state index is 13.2. The monoisotopic (exact) mass is 328 g/mol. The van der Waals surface area contributed by atoms with Gasteiger partial charge in [-0.1, -0.05) is 24.3 Å². The highest BCUT2D eigenvalue weighted by Crippen LogP contribution is 2.33. The predicted molar refractivity (Wildman–Crippen MR) is 85.3 cm³/mol. The van der Waals surface area contributed by atoms with Gasteiger partial charge in [-0.25, -0.2) is 9.97 Å².